The largest absolute Gasteiger partial charge is 0.497 e. The quantitative estimate of drug-likeness (QED) is 0.315. The molecule has 40 heavy (non-hydrogen) atoms. The summed E-state index contributed by atoms with van der Waals surface area (Å²) in [4.78, 5) is 0.296. The molecule has 0 radical (unpaired) electrons. The van der Waals surface area contributed by atoms with E-state index in [0.29, 0.717) is 29.7 Å². The highest BCUT2D eigenvalue weighted by Crippen LogP contribution is 2.38. The minimum absolute atomic E-state index is 0.0511. The summed E-state index contributed by atoms with van der Waals surface area (Å²) in [5.41, 5.74) is 2.45. The van der Waals surface area contributed by atoms with Crippen molar-refractivity contribution < 1.29 is 21.9 Å². The second kappa shape index (κ2) is 12.8. The first-order valence-electron chi connectivity index (χ1n) is 14.2. The van der Waals surface area contributed by atoms with Gasteiger partial charge >= 0.3 is 0 Å². The van der Waals surface area contributed by atoms with Crippen molar-refractivity contribution in [2.75, 3.05) is 20.2 Å². The van der Waals surface area contributed by atoms with Gasteiger partial charge < -0.3 is 10.1 Å². The van der Waals surface area contributed by atoms with Crippen molar-refractivity contribution in [3.63, 3.8) is 0 Å². The van der Waals surface area contributed by atoms with Crippen LogP contribution in [0.1, 0.15) is 54.7 Å². The molecule has 0 heterocycles. The van der Waals surface area contributed by atoms with Gasteiger partial charge in [0.1, 0.15) is 17.4 Å². The third-order valence-electron chi connectivity index (χ3n) is 8.70. The van der Waals surface area contributed by atoms with Crippen LogP contribution in [-0.4, -0.2) is 34.7 Å². The van der Waals surface area contributed by atoms with Gasteiger partial charge in [-0.05, 0) is 111 Å². The molecule has 0 amide bonds. The molecular formula is C32H38F2N2O3S. The molecule has 5 nitrogen and oxygen atoms in total. The van der Waals surface area contributed by atoms with E-state index >= 15 is 0 Å². The zero-order chi connectivity index (χ0) is 28.1. The zero-order valence-electron chi connectivity index (χ0n) is 22.9. The molecule has 2 aliphatic carbocycles. The molecule has 214 valence electrons. The number of methoxy groups -OCH3 is 1. The number of sulfonamides is 1. The molecule has 5 rings (SSSR count). The Morgan fingerprint density at radius 2 is 1.52 bits per heavy atom. The molecule has 3 aromatic rings. The highest BCUT2D eigenvalue weighted by Gasteiger charge is 2.32. The molecule has 2 N–H and O–H groups in total. The summed E-state index contributed by atoms with van der Waals surface area (Å²) in [7, 11) is -1.84. The average Bonchev–Trinajstić information content (AvgIpc) is 2.98. The first-order valence-corrected chi connectivity index (χ1v) is 15.7. The topological polar surface area (TPSA) is 67.4 Å². The monoisotopic (exact) mass is 568 g/mol. The van der Waals surface area contributed by atoms with Crippen LogP contribution < -0.4 is 14.8 Å². The number of ether oxygens (including phenoxy) is 1. The van der Waals surface area contributed by atoms with Crippen LogP contribution in [-0.2, 0) is 22.9 Å². The van der Waals surface area contributed by atoms with Gasteiger partial charge in [-0.1, -0.05) is 30.3 Å². The van der Waals surface area contributed by atoms with Crippen molar-refractivity contribution in [2.45, 2.75) is 61.8 Å². The maximum absolute atomic E-state index is 14.7. The summed E-state index contributed by atoms with van der Waals surface area (Å²) in [6, 6.07) is 18.7. The fourth-order valence-corrected chi connectivity index (χ4v) is 7.47. The number of fused-ring (bicyclic) bond motifs is 1. The second-order valence-corrected chi connectivity index (χ2v) is 12.9. The van der Waals surface area contributed by atoms with Gasteiger partial charge in [-0.15, -0.1) is 0 Å². The lowest BCUT2D eigenvalue weighted by molar-refractivity contribution is 0.252. The van der Waals surface area contributed by atoms with E-state index in [4.69, 9.17) is 4.74 Å². The lowest BCUT2D eigenvalue weighted by Crippen LogP contribution is -2.42. The molecule has 0 aliphatic heterocycles. The smallest absolute Gasteiger partial charge is 0.240 e. The van der Waals surface area contributed by atoms with E-state index in [2.05, 4.69) is 10.0 Å². The van der Waals surface area contributed by atoms with E-state index in [1.165, 1.54) is 23.8 Å². The molecule has 0 saturated heterocycles. The third-order valence-corrected chi connectivity index (χ3v) is 10.1. The Balaban J connectivity index is 1.19. The van der Waals surface area contributed by atoms with Gasteiger partial charge in [-0.2, -0.15) is 0 Å². The van der Waals surface area contributed by atoms with E-state index in [9.17, 15) is 17.2 Å². The lowest BCUT2D eigenvalue weighted by Gasteiger charge is -2.37. The molecule has 3 aromatic carbocycles. The third kappa shape index (κ3) is 6.73. The number of hydrogen-bond donors (Lipinski definition) is 2. The van der Waals surface area contributed by atoms with Crippen LogP contribution in [0, 0.1) is 23.5 Å². The molecule has 2 unspecified atom stereocenters. The van der Waals surface area contributed by atoms with E-state index in [1.54, 1.807) is 37.4 Å². The van der Waals surface area contributed by atoms with Crippen molar-refractivity contribution in [1.29, 1.82) is 0 Å². The van der Waals surface area contributed by atoms with Crippen LogP contribution in [0.3, 0.4) is 0 Å². The zero-order valence-corrected chi connectivity index (χ0v) is 23.7. The summed E-state index contributed by atoms with van der Waals surface area (Å²) in [6.45, 7) is 1.30. The normalized spacial score (nSPS) is 23.0. The molecule has 1 fully saturated rings. The summed E-state index contributed by atoms with van der Waals surface area (Å²) >= 11 is 0. The second-order valence-electron chi connectivity index (χ2n) is 11.2. The maximum atomic E-state index is 14.7. The molecule has 2 atom stereocenters. The first kappa shape index (κ1) is 28.7. The Morgan fingerprint density at radius 1 is 0.850 bits per heavy atom. The van der Waals surface area contributed by atoms with E-state index in [1.807, 2.05) is 18.2 Å². The van der Waals surface area contributed by atoms with Gasteiger partial charge in [0.05, 0.1) is 12.0 Å². The molecule has 0 aromatic heterocycles. The predicted molar refractivity (Wildman–Crippen MR) is 153 cm³/mol. The summed E-state index contributed by atoms with van der Waals surface area (Å²) < 4.78 is 62.6. The Labute approximate surface area is 236 Å². The van der Waals surface area contributed by atoms with Gasteiger partial charge in [0, 0.05) is 24.1 Å². The van der Waals surface area contributed by atoms with Crippen molar-refractivity contribution in [1.82, 2.24) is 10.0 Å². The van der Waals surface area contributed by atoms with Gasteiger partial charge in [0.2, 0.25) is 10.0 Å². The van der Waals surface area contributed by atoms with Crippen LogP contribution >= 0.6 is 0 Å². The van der Waals surface area contributed by atoms with Crippen LogP contribution in [0.2, 0.25) is 0 Å². The van der Waals surface area contributed by atoms with Crippen LogP contribution in [0.15, 0.2) is 71.6 Å². The summed E-state index contributed by atoms with van der Waals surface area (Å²) in [5.74, 6) is 0.558. The fraction of sp³-hybridized carbons (Fsp3) is 0.438. The van der Waals surface area contributed by atoms with Crippen LogP contribution in [0.5, 0.6) is 5.75 Å². The van der Waals surface area contributed by atoms with Gasteiger partial charge in [-0.25, -0.2) is 21.9 Å². The number of benzene rings is 3. The number of aryl methyl sites for hydroxylation is 1. The van der Waals surface area contributed by atoms with Crippen molar-refractivity contribution >= 4 is 10.0 Å². The Bertz CT molecular complexity index is 1370. The Hall–Kier alpha value is -2.81. The lowest BCUT2D eigenvalue weighted by atomic mass is 9.75. The molecule has 1 saturated carbocycles. The number of nitrogens with one attached hydrogen (secondary N) is 2. The Morgan fingerprint density at radius 3 is 2.20 bits per heavy atom. The molecule has 2 aliphatic rings. The Kier molecular flexibility index (Phi) is 9.18. The van der Waals surface area contributed by atoms with Gasteiger partial charge in [0.25, 0.3) is 0 Å². The highest BCUT2D eigenvalue weighted by atomic mass is 32.2. The van der Waals surface area contributed by atoms with Crippen molar-refractivity contribution in [2.24, 2.45) is 11.8 Å². The summed E-state index contributed by atoms with van der Waals surface area (Å²) in [5, 5.41) is 3.78. The SMILES string of the molecule is COc1ccc2c(c1)CCC(NCC1CCC(CNS(=O)(=O)c3ccccc3)CC1)C2Cc1c(F)cccc1F. The minimum Gasteiger partial charge on any atom is -0.497 e. The first-order chi connectivity index (χ1) is 19.3. The van der Waals surface area contributed by atoms with Crippen molar-refractivity contribution in [3.8, 4) is 5.75 Å². The van der Waals surface area contributed by atoms with Crippen LogP contribution in [0.25, 0.3) is 0 Å². The number of rotatable bonds is 10. The maximum Gasteiger partial charge on any atom is 0.240 e. The minimum atomic E-state index is -3.49. The molecule has 0 spiro atoms. The predicted octanol–water partition coefficient (Wildman–Crippen LogP) is 5.99. The van der Waals surface area contributed by atoms with Crippen LogP contribution in [0.4, 0.5) is 8.78 Å². The van der Waals surface area contributed by atoms with E-state index < -0.39 is 21.7 Å². The standard InChI is InChI=1S/C32H38F2N2O3S/c1-39-25-15-16-27-24(18-25)14-17-32(28(27)19-29-30(33)8-5-9-31(29)34)35-20-22-10-12-23(13-11-22)21-36-40(37,38)26-6-3-2-4-7-26/h2-9,15-16,18,22-23,28,32,35-36H,10-14,17,19-21H2,1H3. The fourth-order valence-electron chi connectivity index (χ4n) is 6.33. The molecule has 8 heteroatoms. The van der Waals surface area contributed by atoms with Gasteiger partial charge in [0.15, 0.2) is 0 Å². The molecule has 0 bridgehead atoms. The summed E-state index contributed by atoms with van der Waals surface area (Å²) in [6.07, 6.45) is 6.06. The average molecular weight is 569 g/mol. The highest BCUT2D eigenvalue weighted by molar-refractivity contribution is 7.89. The number of halogens is 2. The van der Waals surface area contributed by atoms with E-state index in [0.717, 1.165) is 56.4 Å². The van der Waals surface area contributed by atoms with Crippen molar-refractivity contribution in [3.05, 3.63) is 95.1 Å². The van der Waals surface area contributed by atoms with Gasteiger partial charge in [-0.3, -0.25) is 0 Å². The van der Waals surface area contributed by atoms with E-state index in [-0.39, 0.29) is 17.5 Å². The number of hydrogen-bond acceptors (Lipinski definition) is 4. The molecular weight excluding hydrogens is 530 g/mol.